The minimum Gasteiger partial charge on any atom is -0.386 e. The molecular weight excluding hydrogens is 264 g/mol. The number of hydrogen-bond donors (Lipinski definition) is 3. The van der Waals surface area contributed by atoms with E-state index >= 15 is 0 Å². The van der Waals surface area contributed by atoms with Crippen LogP contribution < -0.4 is 10.5 Å². The molecule has 0 radical (unpaired) electrons. The Labute approximate surface area is 115 Å². The number of nitrogens with one attached hydrogen (secondary N) is 2. The van der Waals surface area contributed by atoms with Gasteiger partial charge in [-0.2, -0.15) is 17.4 Å². The molecule has 0 unspecified atom stereocenters. The number of nitrogens with zero attached hydrogens (tertiary/aromatic N) is 1. The van der Waals surface area contributed by atoms with Gasteiger partial charge in [-0.15, -0.1) is 0 Å². The van der Waals surface area contributed by atoms with E-state index in [9.17, 15) is 8.42 Å². The average Bonchev–Trinajstić information content (AvgIpc) is 2.40. The van der Waals surface area contributed by atoms with Gasteiger partial charge in [0.05, 0.1) is 5.54 Å². The van der Waals surface area contributed by atoms with Gasteiger partial charge in [-0.3, -0.25) is 5.41 Å². The van der Waals surface area contributed by atoms with E-state index in [1.165, 1.54) is 4.31 Å². The van der Waals surface area contributed by atoms with Crippen LogP contribution in [0.1, 0.15) is 51.4 Å². The van der Waals surface area contributed by atoms with E-state index in [0.29, 0.717) is 25.9 Å². The monoisotopic (exact) mass is 288 g/mol. The maximum atomic E-state index is 12.4. The number of hydrogen-bond acceptors (Lipinski definition) is 3. The van der Waals surface area contributed by atoms with Gasteiger partial charge in [0.15, 0.2) is 0 Å². The third-order valence-corrected chi connectivity index (χ3v) is 5.90. The molecule has 2 rings (SSSR count). The molecule has 1 aliphatic heterocycles. The molecule has 0 spiro atoms. The van der Waals surface area contributed by atoms with E-state index in [4.69, 9.17) is 11.1 Å². The summed E-state index contributed by atoms with van der Waals surface area (Å²) in [5.41, 5.74) is 4.82. The lowest BCUT2D eigenvalue weighted by molar-refractivity contribution is 0.310. The fraction of sp³-hybridized carbons (Fsp3) is 0.917. The summed E-state index contributed by atoms with van der Waals surface area (Å²) in [5.74, 6) is -0.0483. The summed E-state index contributed by atoms with van der Waals surface area (Å²) in [6.45, 7) is 1.15. The van der Waals surface area contributed by atoms with Gasteiger partial charge in [-0.1, -0.05) is 25.7 Å². The molecule has 0 atom stereocenters. The smallest absolute Gasteiger partial charge is 0.280 e. The topological polar surface area (TPSA) is 99.3 Å². The van der Waals surface area contributed by atoms with Crippen molar-refractivity contribution in [2.75, 3.05) is 13.1 Å². The quantitative estimate of drug-likeness (QED) is 0.530. The minimum atomic E-state index is -3.52. The summed E-state index contributed by atoms with van der Waals surface area (Å²) >= 11 is 0. The summed E-state index contributed by atoms with van der Waals surface area (Å²) in [6, 6.07) is 0. The Morgan fingerprint density at radius 3 is 2.11 bits per heavy atom. The number of amidine groups is 1. The van der Waals surface area contributed by atoms with Gasteiger partial charge in [0, 0.05) is 13.1 Å². The fourth-order valence-corrected chi connectivity index (χ4v) is 4.67. The lowest BCUT2D eigenvalue weighted by Crippen LogP contribution is -2.61. The number of piperidine rings is 1. The molecule has 110 valence electrons. The molecule has 19 heavy (non-hydrogen) atoms. The molecule has 1 heterocycles. The summed E-state index contributed by atoms with van der Waals surface area (Å²) in [5, 5.41) is 7.76. The highest BCUT2D eigenvalue weighted by atomic mass is 32.2. The van der Waals surface area contributed by atoms with Gasteiger partial charge in [0.1, 0.15) is 5.84 Å². The second-order valence-electron chi connectivity index (χ2n) is 5.62. The second-order valence-corrected chi connectivity index (χ2v) is 7.29. The van der Waals surface area contributed by atoms with Gasteiger partial charge < -0.3 is 5.73 Å². The van der Waals surface area contributed by atoms with E-state index in [1.54, 1.807) is 0 Å². The predicted octanol–water partition coefficient (Wildman–Crippen LogP) is 0.946. The third-order valence-electron chi connectivity index (χ3n) is 4.20. The largest absolute Gasteiger partial charge is 0.386 e. The Morgan fingerprint density at radius 2 is 1.58 bits per heavy atom. The van der Waals surface area contributed by atoms with Crippen molar-refractivity contribution in [2.45, 2.75) is 56.9 Å². The molecule has 7 heteroatoms. The molecule has 1 saturated carbocycles. The molecule has 2 fully saturated rings. The first kappa shape index (κ1) is 14.7. The van der Waals surface area contributed by atoms with E-state index in [2.05, 4.69) is 4.72 Å². The van der Waals surface area contributed by atoms with Crippen molar-refractivity contribution >= 4 is 16.0 Å². The van der Waals surface area contributed by atoms with E-state index in [-0.39, 0.29) is 5.84 Å². The maximum Gasteiger partial charge on any atom is 0.280 e. The van der Waals surface area contributed by atoms with Crippen molar-refractivity contribution in [2.24, 2.45) is 5.73 Å². The van der Waals surface area contributed by atoms with Crippen LogP contribution in [0.3, 0.4) is 0 Å². The average molecular weight is 288 g/mol. The second kappa shape index (κ2) is 5.76. The summed E-state index contributed by atoms with van der Waals surface area (Å²) in [6.07, 6.45) is 7.10. The maximum absolute atomic E-state index is 12.4. The van der Waals surface area contributed by atoms with Crippen LogP contribution in [0.5, 0.6) is 0 Å². The van der Waals surface area contributed by atoms with Crippen LogP contribution in [0.15, 0.2) is 0 Å². The normalized spacial score (nSPS) is 25.1. The van der Waals surface area contributed by atoms with Crippen molar-refractivity contribution in [1.82, 2.24) is 9.03 Å². The van der Waals surface area contributed by atoms with E-state index in [1.807, 2.05) is 0 Å². The van der Waals surface area contributed by atoms with Crippen LogP contribution in [0.4, 0.5) is 0 Å². The molecule has 0 bridgehead atoms. The molecule has 0 aromatic rings. The van der Waals surface area contributed by atoms with E-state index < -0.39 is 15.7 Å². The van der Waals surface area contributed by atoms with Crippen molar-refractivity contribution in [3.8, 4) is 0 Å². The van der Waals surface area contributed by atoms with Gasteiger partial charge in [0.2, 0.25) is 0 Å². The highest BCUT2D eigenvalue weighted by Gasteiger charge is 2.40. The molecule has 1 saturated heterocycles. The van der Waals surface area contributed by atoms with Crippen LogP contribution in [0, 0.1) is 5.41 Å². The van der Waals surface area contributed by atoms with Gasteiger partial charge in [0.25, 0.3) is 10.2 Å². The summed E-state index contributed by atoms with van der Waals surface area (Å²) in [7, 11) is -3.52. The highest BCUT2D eigenvalue weighted by Crippen LogP contribution is 2.29. The molecule has 6 nitrogen and oxygen atoms in total. The molecule has 0 amide bonds. The first-order valence-corrected chi connectivity index (χ1v) is 8.54. The zero-order valence-electron chi connectivity index (χ0n) is 11.3. The first-order valence-electron chi connectivity index (χ1n) is 7.10. The molecule has 0 aromatic heterocycles. The molecule has 2 aliphatic rings. The van der Waals surface area contributed by atoms with Crippen molar-refractivity contribution in [1.29, 1.82) is 5.41 Å². The van der Waals surface area contributed by atoms with Crippen LogP contribution in [-0.4, -0.2) is 37.2 Å². The Kier molecular flexibility index (Phi) is 4.47. The van der Waals surface area contributed by atoms with Gasteiger partial charge in [-0.05, 0) is 25.7 Å². The Morgan fingerprint density at radius 1 is 1.05 bits per heavy atom. The zero-order valence-corrected chi connectivity index (χ0v) is 12.1. The van der Waals surface area contributed by atoms with Crippen LogP contribution >= 0.6 is 0 Å². The Balaban J connectivity index is 2.13. The molecular formula is C12H24N4O2S. The predicted molar refractivity (Wildman–Crippen MR) is 75.2 cm³/mol. The molecule has 1 aliphatic carbocycles. The lowest BCUT2D eigenvalue weighted by atomic mass is 9.82. The van der Waals surface area contributed by atoms with Crippen molar-refractivity contribution in [3.63, 3.8) is 0 Å². The summed E-state index contributed by atoms with van der Waals surface area (Å²) in [4.78, 5) is 0. The SMILES string of the molecule is N=C(N)C1(NS(=O)(=O)N2CCCCC2)CCCCC1. The van der Waals surface area contributed by atoms with Crippen molar-refractivity contribution < 1.29 is 8.42 Å². The Bertz CT molecular complexity index is 423. The Hall–Kier alpha value is -0.660. The lowest BCUT2D eigenvalue weighted by Gasteiger charge is -2.38. The van der Waals surface area contributed by atoms with Crippen molar-refractivity contribution in [3.05, 3.63) is 0 Å². The minimum absolute atomic E-state index is 0.0483. The van der Waals surface area contributed by atoms with Crippen LogP contribution in [0.2, 0.25) is 0 Å². The highest BCUT2D eigenvalue weighted by molar-refractivity contribution is 7.87. The fourth-order valence-electron chi connectivity index (χ4n) is 3.00. The standard InChI is InChI=1S/C12H24N4O2S/c13-11(14)12(7-3-1-4-8-12)15-19(17,18)16-9-5-2-6-10-16/h15H,1-10H2,(H3,13,14). The zero-order chi connectivity index (χ0) is 13.9. The molecule has 4 N–H and O–H groups in total. The number of nitrogens with two attached hydrogens (primary N) is 1. The third kappa shape index (κ3) is 3.27. The summed E-state index contributed by atoms with van der Waals surface area (Å²) < 4.78 is 29.1. The van der Waals surface area contributed by atoms with Gasteiger partial charge in [-0.25, -0.2) is 0 Å². The molecule has 0 aromatic carbocycles. The number of rotatable bonds is 4. The van der Waals surface area contributed by atoms with Crippen LogP contribution in [-0.2, 0) is 10.2 Å². The first-order chi connectivity index (χ1) is 8.96. The van der Waals surface area contributed by atoms with Crippen LogP contribution in [0.25, 0.3) is 0 Å². The van der Waals surface area contributed by atoms with Gasteiger partial charge >= 0.3 is 0 Å². The van der Waals surface area contributed by atoms with E-state index in [0.717, 1.165) is 38.5 Å².